The summed E-state index contributed by atoms with van der Waals surface area (Å²) in [7, 11) is 0. The fraction of sp³-hybridized carbons (Fsp3) is 0.286. The Morgan fingerprint density at radius 3 is 2.46 bits per heavy atom. The molecule has 0 aromatic carbocycles. The quantitative estimate of drug-likeness (QED) is 0.633. The highest BCUT2D eigenvalue weighted by atomic mass is 19.4. The molecule has 0 spiro atoms. The molecule has 70 valence electrons. The highest BCUT2D eigenvalue weighted by Gasteiger charge is 2.32. The van der Waals surface area contributed by atoms with Crippen LogP contribution in [-0.4, -0.2) is 15.8 Å². The third-order valence-electron chi connectivity index (χ3n) is 1.32. The molecule has 6 heteroatoms. The normalized spacial score (nSPS) is 11.4. The van der Waals surface area contributed by atoms with Crippen LogP contribution in [0.25, 0.3) is 0 Å². The van der Waals surface area contributed by atoms with Crippen molar-refractivity contribution in [1.29, 1.82) is 0 Å². The third kappa shape index (κ3) is 2.24. The first-order valence-corrected chi connectivity index (χ1v) is 3.31. The summed E-state index contributed by atoms with van der Waals surface area (Å²) in [5, 5.41) is 0. The minimum absolute atomic E-state index is 0.234. The van der Waals surface area contributed by atoms with Crippen LogP contribution in [0.2, 0.25) is 0 Å². The van der Waals surface area contributed by atoms with E-state index in [4.69, 9.17) is 0 Å². The molecule has 0 atom stereocenters. The molecule has 0 saturated carbocycles. The Morgan fingerprint density at radius 1 is 1.38 bits per heavy atom. The van der Waals surface area contributed by atoms with Crippen LogP contribution in [0.3, 0.4) is 0 Å². The van der Waals surface area contributed by atoms with Crippen LogP contribution in [0.1, 0.15) is 23.1 Å². The predicted molar refractivity (Wildman–Crippen MR) is 37.0 cm³/mol. The van der Waals surface area contributed by atoms with Gasteiger partial charge >= 0.3 is 6.18 Å². The van der Waals surface area contributed by atoms with Crippen LogP contribution in [0.5, 0.6) is 0 Å². The van der Waals surface area contributed by atoms with E-state index in [0.717, 1.165) is 13.3 Å². The Kier molecular flexibility index (Phi) is 2.31. The third-order valence-corrected chi connectivity index (χ3v) is 1.32. The van der Waals surface area contributed by atoms with E-state index in [1.807, 2.05) is 0 Å². The first-order valence-electron chi connectivity index (χ1n) is 3.31. The topological polar surface area (TPSA) is 42.9 Å². The molecule has 1 aromatic rings. The Bertz CT molecular complexity index is 335. The summed E-state index contributed by atoms with van der Waals surface area (Å²) in [6, 6.07) is 0.627. The Hall–Kier alpha value is -1.46. The molecular weight excluding hydrogens is 185 g/mol. The molecule has 0 saturated heterocycles. The SMILES string of the molecule is CC(=O)c1cc(C(F)(F)F)ncn1. The summed E-state index contributed by atoms with van der Waals surface area (Å²) < 4.78 is 36.1. The molecule has 0 radical (unpaired) electrons. The maximum atomic E-state index is 12.0. The molecule has 1 heterocycles. The van der Waals surface area contributed by atoms with Gasteiger partial charge in [-0.1, -0.05) is 0 Å². The van der Waals surface area contributed by atoms with Gasteiger partial charge in [-0.05, 0) is 6.07 Å². The Labute approximate surface area is 71.6 Å². The number of aromatic nitrogens is 2. The average Bonchev–Trinajstić information content (AvgIpc) is 2.03. The van der Waals surface area contributed by atoms with Gasteiger partial charge < -0.3 is 0 Å². The molecule has 0 amide bonds. The zero-order valence-corrected chi connectivity index (χ0v) is 6.59. The molecule has 0 bridgehead atoms. The van der Waals surface area contributed by atoms with Gasteiger partial charge in [0.2, 0.25) is 0 Å². The van der Waals surface area contributed by atoms with E-state index >= 15 is 0 Å². The highest BCUT2D eigenvalue weighted by molar-refractivity contribution is 5.92. The molecule has 13 heavy (non-hydrogen) atoms. The van der Waals surface area contributed by atoms with E-state index in [0.29, 0.717) is 6.07 Å². The number of Topliss-reactive ketones (excluding diaryl/α,β-unsaturated/α-hetero) is 1. The smallest absolute Gasteiger partial charge is 0.293 e. The van der Waals surface area contributed by atoms with Crippen molar-refractivity contribution < 1.29 is 18.0 Å². The van der Waals surface area contributed by atoms with Crippen LogP contribution in [0.4, 0.5) is 13.2 Å². The Balaban J connectivity index is 3.13. The highest BCUT2D eigenvalue weighted by Crippen LogP contribution is 2.27. The fourth-order valence-electron chi connectivity index (χ4n) is 0.705. The lowest BCUT2D eigenvalue weighted by atomic mass is 10.2. The molecule has 0 aliphatic heterocycles. The first kappa shape index (κ1) is 9.63. The standard InChI is InChI=1S/C7H5F3N2O/c1-4(13)5-2-6(7(8,9)10)12-3-11-5/h2-3H,1H3. The van der Waals surface area contributed by atoms with Gasteiger partial charge in [0.15, 0.2) is 5.78 Å². The number of carbonyl (C=O) groups excluding carboxylic acids is 1. The molecule has 0 aliphatic carbocycles. The lowest BCUT2D eigenvalue weighted by molar-refractivity contribution is -0.141. The zero-order valence-electron chi connectivity index (χ0n) is 6.59. The number of ketones is 1. The fourth-order valence-corrected chi connectivity index (χ4v) is 0.705. The van der Waals surface area contributed by atoms with Crippen molar-refractivity contribution in [3.05, 3.63) is 23.8 Å². The van der Waals surface area contributed by atoms with Gasteiger partial charge in [0.25, 0.3) is 0 Å². The maximum Gasteiger partial charge on any atom is 0.433 e. The van der Waals surface area contributed by atoms with Gasteiger partial charge in [0.05, 0.1) is 0 Å². The molecule has 0 N–H and O–H groups in total. The van der Waals surface area contributed by atoms with Crippen LogP contribution in [0, 0.1) is 0 Å². The van der Waals surface area contributed by atoms with Crippen molar-refractivity contribution in [3.63, 3.8) is 0 Å². The number of hydrogen-bond donors (Lipinski definition) is 0. The number of carbonyl (C=O) groups is 1. The Morgan fingerprint density at radius 2 is 2.00 bits per heavy atom. The van der Waals surface area contributed by atoms with Crippen molar-refractivity contribution in [2.75, 3.05) is 0 Å². The second kappa shape index (κ2) is 3.12. The molecule has 1 rings (SSSR count). The van der Waals surface area contributed by atoms with Crippen molar-refractivity contribution in [3.8, 4) is 0 Å². The summed E-state index contributed by atoms with van der Waals surface area (Å²) in [4.78, 5) is 17.1. The molecule has 0 fully saturated rings. The van der Waals surface area contributed by atoms with E-state index in [1.165, 1.54) is 0 Å². The summed E-state index contributed by atoms with van der Waals surface area (Å²) in [6.45, 7) is 1.14. The van der Waals surface area contributed by atoms with Gasteiger partial charge in [0.1, 0.15) is 17.7 Å². The van der Waals surface area contributed by atoms with Crippen LogP contribution in [0.15, 0.2) is 12.4 Å². The first-order chi connectivity index (χ1) is 5.91. The van der Waals surface area contributed by atoms with Gasteiger partial charge in [-0.25, -0.2) is 9.97 Å². The second-order valence-electron chi connectivity index (χ2n) is 2.34. The number of rotatable bonds is 1. The van der Waals surface area contributed by atoms with Crippen molar-refractivity contribution >= 4 is 5.78 Å². The minimum Gasteiger partial charge on any atom is -0.293 e. The number of alkyl halides is 3. The zero-order chi connectivity index (χ0) is 10.1. The lowest BCUT2D eigenvalue weighted by Gasteiger charge is -2.04. The second-order valence-corrected chi connectivity index (χ2v) is 2.34. The number of nitrogens with zero attached hydrogens (tertiary/aromatic N) is 2. The van der Waals surface area contributed by atoms with Gasteiger partial charge in [-0.2, -0.15) is 13.2 Å². The largest absolute Gasteiger partial charge is 0.433 e. The van der Waals surface area contributed by atoms with Gasteiger partial charge in [-0.15, -0.1) is 0 Å². The van der Waals surface area contributed by atoms with Crippen LogP contribution < -0.4 is 0 Å². The lowest BCUT2D eigenvalue weighted by Crippen LogP contribution is -2.10. The molecular formula is C7H5F3N2O. The van der Waals surface area contributed by atoms with E-state index in [-0.39, 0.29) is 5.69 Å². The summed E-state index contributed by atoms with van der Waals surface area (Å²) >= 11 is 0. The van der Waals surface area contributed by atoms with Crippen molar-refractivity contribution in [2.24, 2.45) is 0 Å². The summed E-state index contributed by atoms with van der Waals surface area (Å²) in [6.07, 6.45) is -3.81. The van der Waals surface area contributed by atoms with E-state index in [1.54, 1.807) is 0 Å². The monoisotopic (exact) mass is 190 g/mol. The van der Waals surface area contributed by atoms with Gasteiger partial charge in [-0.3, -0.25) is 4.79 Å². The minimum atomic E-state index is -4.53. The van der Waals surface area contributed by atoms with Crippen LogP contribution in [-0.2, 0) is 6.18 Å². The molecule has 0 aliphatic rings. The number of halogens is 3. The maximum absolute atomic E-state index is 12.0. The molecule has 0 unspecified atom stereocenters. The van der Waals surface area contributed by atoms with E-state index in [2.05, 4.69) is 9.97 Å². The summed E-state index contributed by atoms with van der Waals surface area (Å²) in [5.74, 6) is -0.520. The van der Waals surface area contributed by atoms with E-state index < -0.39 is 17.7 Å². The van der Waals surface area contributed by atoms with Crippen molar-refractivity contribution in [2.45, 2.75) is 13.1 Å². The van der Waals surface area contributed by atoms with Crippen LogP contribution >= 0.6 is 0 Å². The number of hydrogen-bond acceptors (Lipinski definition) is 3. The van der Waals surface area contributed by atoms with Gasteiger partial charge in [0, 0.05) is 6.92 Å². The summed E-state index contributed by atoms with van der Waals surface area (Å²) in [5.41, 5.74) is -1.34. The average molecular weight is 190 g/mol. The molecule has 1 aromatic heterocycles. The molecule has 3 nitrogen and oxygen atoms in total. The van der Waals surface area contributed by atoms with Crippen molar-refractivity contribution in [1.82, 2.24) is 9.97 Å². The predicted octanol–water partition coefficient (Wildman–Crippen LogP) is 1.70. The van der Waals surface area contributed by atoms with E-state index in [9.17, 15) is 18.0 Å².